The number of halogens is 3. The zero-order chi connectivity index (χ0) is 18.8. The Bertz CT molecular complexity index is 759. The Labute approximate surface area is 153 Å². The van der Waals surface area contributed by atoms with Crippen molar-refractivity contribution in [2.24, 2.45) is 0 Å². The van der Waals surface area contributed by atoms with Crippen LogP contribution in [0.4, 0.5) is 19.0 Å². The van der Waals surface area contributed by atoms with Crippen LogP contribution in [0.3, 0.4) is 0 Å². The van der Waals surface area contributed by atoms with Crippen LogP contribution >= 0.6 is 11.8 Å². The fourth-order valence-corrected chi connectivity index (χ4v) is 3.99. The van der Waals surface area contributed by atoms with Gasteiger partial charge >= 0.3 is 6.18 Å². The van der Waals surface area contributed by atoms with Crippen molar-refractivity contribution in [3.05, 3.63) is 36.3 Å². The summed E-state index contributed by atoms with van der Waals surface area (Å²) in [6, 6.07) is 4.07. The maximum Gasteiger partial charge on any atom is 0.433 e. The summed E-state index contributed by atoms with van der Waals surface area (Å²) in [7, 11) is 0. The average Bonchev–Trinajstić information content (AvgIpc) is 2.63. The Morgan fingerprint density at radius 3 is 2.77 bits per heavy atom. The van der Waals surface area contributed by atoms with Crippen LogP contribution < -0.4 is 5.32 Å². The molecule has 2 aromatic rings. The average molecular weight is 384 g/mol. The largest absolute Gasteiger partial charge is 0.433 e. The molecule has 2 unspecified atom stereocenters. The molecule has 5 nitrogen and oxygen atoms in total. The van der Waals surface area contributed by atoms with E-state index in [2.05, 4.69) is 20.3 Å². The molecular formula is C17H19F3N4OS. The molecule has 1 saturated carbocycles. The van der Waals surface area contributed by atoms with Gasteiger partial charge in [-0.15, -0.1) is 0 Å². The minimum absolute atomic E-state index is 0.0340. The van der Waals surface area contributed by atoms with Gasteiger partial charge in [-0.2, -0.15) is 24.9 Å². The second-order valence-corrected chi connectivity index (χ2v) is 7.62. The van der Waals surface area contributed by atoms with Crippen molar-refractivity contribution in [3.63, 3.8) is 0 Å². The van der Waals surface area contributed by atoms with Gasteiger partial charge in [0.2, 0.25) is 0 Å². The first-order valence-corrected chi connectivity index (χ1v) is 9.31. The molecule has 0 bridgehead atoms. The Morgan fingerprint density at radius 2 is 2.19 bits per heavy atom. The summed E-state index contributed by atoms with van der Waals surface area (Å²) in [4.78, 5) is 11.7. The SMILES string of the molecule is CCSC1CCC1(O)CNc1cc(C(F)(F)F)nc(-c2cccnc2)n1. The molecule has 140 valence electrons. The first kappa shape index (κ1) is 18.9. The summed E-state index contributed by atoms with van der Waals surface area (Å²) in [5.41, 5.74) is -1.57. The summed E-state index contributed by atoms with van der Waals surface area (Å²) in [5, 5.41) is 13.6. The second kappa shape index (κ2) is 7.40. The lowest BCUT2D eigenvalue weighted by molar-refractivity contribution is -0.141. The summed E-state index contributed by atoms with van der Waals surface area (Å²) in [5.74, 6) is 0.853. The van der Waals surface area contributed by atoms with E-state index >= 15 is 0 Å². The van der Waals surface area contributed by atoms with Crippen molar-refractivity contribution in [2.45, 2.75) is 36.8 Å². The maximum absolute atomic E-state index is 13.2. The topological polar surface area (TPSA) is 70.9 Å². The van der Waals surface area contributed by atoms with Gasteiger partial charge in [-0.3, -0.25) is 4.98 Å². The van der Waals surface area contributed by atoms with E-state index in [9.17, 15) is 18.3 Å². The molecule has 2 heterocycles. The third-order valence-corrected chi connectivity index (χ3v) is 5.73. The number of hydrogen-bond acceptors (Lipinski definition) is 6. The van der Waals surface area contributed by atoms with Crippen molar-refractivity contribution in [1.29, 1.82) is 0 Å². The molecule has 0 spiro atoms. The summed E-state index contributed by atoms with van der Waals surface area (Å²) in [6.07, 6.45) is -0.148. The summed E-state index contributed by atoms with van der Waals surface area (Å²) >= 11 is 1.66. The zero-order valence-corrected chi connectivity index (χ0v) is 14.9. The van der Waals surface area contributed by atoms with Gasteiger partial charge in [0.15, 0.2) is 11.5 Å². The Morgan fingerprint density at radius 1 is 1.38 bits per heavy atom. The number of hydrogen-bond donors (Lipinski definition) is 2. The van der Waals surface area contributed by atoms with E-state index < -0.39 is 17.5 Å². The van der Waals surface area contributed by atoms with Crippen LogP contribution in [0.25, 0.3) is 11.4 Å². The predicted molar refractivity (Wildman–Crippen MR) is 94.9 cm³/mol. The van der Waals surface area contributed by atoms with Crippen molar-refractivity contribution in [2.75, 3.05) is 17.6 Å². The van der Waals surface area contributed by atoms with Crippen LogP contribution in [0.5, 0.6) is 0 Å². The first-order valence-electron chi connectivity index (χ1n) is 8.26. The van der Waals surface area contributed by atoms with Gasteiger partial charge in [-0.05, 0) is 30.7 Å². The van der Waals surface area contributed by atoms with E-state index in [-0.39, 0.29) is 23.4 Å². The molecule has 0 aromatic carbocycles. The van der Waals surface area contributed by atoms with E-state index in [1.165, 1.54) is 12.4 Å². The molecule has 0 radical (unpaired) electrons. The molecule has 1 aliphatic rings. The van der Waals surface area contributed by atoms with E-state index in [1.807, 2.05) is 6.92 Å². The number of nitrogens with one attached hydrogen (secondary N) is 1. The fraction of sp³-hybridized carbons (Fsp3) is 0.471. The van der Waals surface area contributed by atoms with Gasteiger partial charge in [0.05, 0.1) is 5.60 Å². The van der Waals surface area contributed by atoms with Crippen molar-refractivity contribution >= 4 is 17.6 Å². The van der Waals surface area contributed by atoms with Crippen LogP contribution in [0.2, 0.25) is 0 Å². The Kier molecular flexibility index (Phi) is 5.38. The van der Waals surface area contributed by atoms with Crippen LogP contribution in [0.15, 0.2) is 30.6 Å². The lowest BCUT2D eigenvalue weighted by atomic mass is 9.79. The number of anilines is 1. The normalized spacial score (nSPS) is 22.7. The van der Waals surface area contributed by atoms with Crippen LogP contribution in [-0.2, 0) is 6.18 Å². The number of thioether (sulfide) groups is 1. The predicted octanol–water partition coefficient (Wildman–Crippen LogP) is 3.62. The van der Waals surface area contributed by atoms with Crippen molar-refractivity contribution < 1.29 is 18.3 Å². The summed E-state index contributed by atoms with van der Waals surface area (Å²) < 4.78 is 39.6. The van der Waals surface area contributed by atoms with Gasteiger partial charge in [-0.25, -0.2) is 9.97 Å². The molecule has 0 saturated heterocycles. The molecule has 9 heteroatoms. The lowest BCUT2D eigenvalue weighted by Gasteiger charge is -2.45. The highest BCUT2D eigenvalue weighted by atomic mass is 32.2. The smallest absolute Gasteiger partial charge is 0.387 e. The highest BCUT2D eigenvalue weighted by Gasteiger charge is 2.45. The third-order valence-electron chi connectivity index (χ3n) is 4.32. The molecule has 1 aliphatic carbocycles. The molecule has 3 rings (SSSR count). The van der Waals surface area contributed by atoms with E-state index in [4.69, 9.17) is 0 Å². The molecule has 0 amide bonds. The van der Waals surface area contributed by atoms with Gasteiger partial charge in [0.1, 0.15) is 5.82 Å². The van der Waals surface area contributed by atoms with E-state index in [1.54, 1.807) is 23.9 Å². The highest BCUT2D eigenvalue weighted by molar-refractivity contribution is 8.00. The number of aliphatic hydroxyl groups is 1. The van der Waals surface area contributed by atoms with Gasteiger partial charge in [0.25, 0.3) is 0 Å². The monoisotopic (exact) mass is 384 g/mol. The van der Waals surface area contributed by atoms with Gasteiger partial charge < -0.3 is 10.4 Å². The zero-order valence-electron chi connectivity index (χ0n) is 14.1. The molecule has 2 atom stereocenters. The summed E-state index contributed by atoms with van der Waals surface area (Å²) in [6.45, 7) is 2.16. The minimum Gasteiger partial charge on any atom is -0.387 e. The van der Waals surface area contributed by atoms with Crippen LogP contribution in [0.1, 0.15) is 25.5 Å². The van der Waals surface area contributed by atoms with Crippen molar-refractivity contribution in [3.8, 4) is 11.4 Å². The number of rotatable bonds is 6. The molecule has 1 fully saturated rings. The minimum atomic E-state index is -4.59. The second-order valence-electron chi connectivity index (χ2n) is 6.14. The molecule has 2 N–H and O–H groups in total. The van der Waals surface area contributed by atoms with E-state index in [0.29, 0.717) is 12.0 Å². The maximum atomic E-state index is 13.2. The Hall–Kier alpha value is -1.87. The Balaban J connectivity index is 1.84. The first-order chi connectivity index (χ1) is 12.3. The van der Waals surface area contributed by atoms with Crippen molar-refractivity contribution in [1.82, 2.24) is 15.0 Å². The van der Waals surface area contributed by atoms with Crippen LogP contribution in [-0.4, -0.2) is 43.2 Å². The number of nitrogens with zero attached hydrogens (tertiary/aromatic N) is 3. The van der Waals surface area contributed by atoms with E-state index in [0.717, 1.165) is 18.2 Å². The van der Waals surface area contributed by atoms with Crippen LogP contribution in [0, 0.1) is 0 Å². The van der Waals surface area contributed by atoms with Gasteiger partial charge in [0, 0.05) is 35.8 Å². The fourth-order valence-electron chi connectivity index (χ4n) is 2.79. The molecular weight excluding hydrogens is 365 g/mol. The molecule has 0 aliphatic heterocycles. The quantitative estimate of drug-likeness (QED) is 0.793. The standard InChI is InChI=1S/C17H19F3N4OS/c1-2-26-13-5-6-16(13,25)10-22-14-8-12(17(18,19)20)23-15(24-14)11-4-3-7-21-9-11/h3-4,7-9,13,25H,2,5-6,10H2,1H3,(H,22,23,24). The lowest BCUT2D eigenvalue weighted by Crippen LogP contribution is -2.54. The third kappa shape index (κ3) is 4.09. The molecule has 2 aromatic heterocycles. The van der Waals surface area contributed by atoms with Gasteiger partial charge in [-0.1, -0.05) is 6.92 Å². The number of alkyl halides is 3. The number of pyridine rings is 1. The molecule has 26 heavy (non-hydrogen) atoms. The number of aromatic nitrogens is 3. The highest BCUT2D eigenvalue weighted by Crippen LogP contribution is 2.41.